The Morgan fingerprint density at radius 3 is 2.56 bits per heavy atom. The second-order valence-electron chi connectivity index (χ2n) is 6.60. The molecule has 0 atom stereocenters. The fourth-order valence-corrected chi connectivity index (χ4v) is 3.27. The summed E-state index contributed by atoms with van der Waals surface area (Å²) in [6.45, 7) is 2.49. The highest BCUT2D eigenvalue weighted by molar-refractivity contribution is 6.05. The summed E-state index contributed by atoms with van der Waals surface area (Å²) in [6, 6.07) is 8.40. The molecule has 7 heteroatoms. The third kappa shape index (κ3) is 3.86. The monoisotopic (exact) mass is 367 g/mol. The van der Waals surface area contributed by atoms with Gasteiger partial charge in [0, 0.05) is 36.6 Å². The molecule has 1 fully saturated rings. The lowest BCUT2D eigenvalue weighted by molar-refractivity contribution is 0.0718. The van der Waals surface area contributed by atoms with Crippen molar-refractivity contribution in [1.29, 1.82) is 0 Å². The van der Waals surface area contributed by atoms with Crippen LogP contribution >= 0.6 is 0 Å². The number of nitrogens with one attached hydrogen (secondary N) is 1. The minimum atomic E-state index is -0.304. The van der Waals surface area contributed by atoms with Gasteiger partial charge in [-0.3, -0.25) is 14.6 Å². The van der Waals surface area contributed by atoms with Crippen molar-refractivity contribution in [3.05, 3.63) is 47.8 Å². The Kier molecular flexibility index (Phi) is 4.91. The molecule has 2 aliphatic heterocycles. The number of piperidine rings is 1. The number of anilines is 1. The highest BCUT2D eigenvalue weighted by atomic mass is 16.6. The first kappa shape index (κ1) is 17.3. The van der Waals surface area contributed by atoms with Crippen molar-refractivity contribution in [1.82, 2.24) is 9.88 Å². The second kappa shape index (κ2) is 7.65. The lowest BCUT2D eigenvalue weighted by Crippen LogP contribution is -2.36. The lowest BCUT2D eigenvalue weighted by Gasteiger charge is -2.26. The number of benzene rings is 1. The summed E-state index contributed by atoms with van der Waals surface area (Å²) >= 11 is 0. The molecular formula is C20H21N3O4. The Balaban J connectivity index is 1.48. The van der Waals surface area contributed by atoms with Crippen LogP contribution < -0.4 is 14.8 Å². The van der Waals surface area contributed by atoms with Gasteiger partial charge < -0.3 is 19.7 Å². The predicted molar refractivity (Wildman–Crippen MR) is 99.4 cm³/mol. The van der Waals surface area contributed by atoms with E-state index < -0.39 is 0 Å². The molecule has 7 nitrogen and oxygen atoms in total. The van der Waals surface area contributed by atoms with Gasteiger partial charge in [0.1, 0.15) is 18.9 Å². The minimum Gasteiger partial charge on any atom is -0.486 e. The first-order valence-corrected chi connectivity index (χ1v) is 9.17. The van der Waals surface area contributed by atoms with E-state index in [1.807, 2.05) is 0 Å². The van der Waals surface area contributed by atoms with Gasteiger partial charge in [-0.2, -0.15) is 0 Å². The van der Waals surface area contributed by atoms with E-state index in [0.717, 1.165) is 32.4 Å². The number of hydrogen-bond acceptors (Lipinski definition) is 5. The van der Waals surface area contributed by atoms with Crippen LogP contribution in [0.15, 0.2) is 36.5 Å². The highest BCUT2D eigenvalue weighted by Crippen LogP contribution is 2.32. The Morgan fingerprint density at radius 1 is 0.963 bits per heavy atom. The Bertz CT molecular complexity index is 862. The first-order chi connectivity index (χ1) is 13.2. The summed E-state index contributed by atoms with van der Waals surface area (Å²) in [5.41, 5.74) is 1.29. The fourth-order valence-electron chi connectivity index (χ4n) is 3.27. The Labute approximate surface area is 157 Å². The van der Waals surface area contributed by atoms with Crippen LogP contribution in [-0.2, 0) is 0 Å². The largest absolute Gasteiger partial charge is 0.486 e. The zero-order chi connectivity index (χ0) is 18.6. The normalized spacial score (nSPS) is 15.9. The maximum absolute atomic E-state index is 12.6. The number of hydrogen-bond donors (Lipinski definition) is 1. The average Bonchev–Trinajstić information content (AvgIpc) is 2.74. The second-order valence-corrected chi connectivity index (χ2v) is 6.60. The van der Waals surface area contributed by atoms with Crippen LogP contribution in [0.1, 0.15) is 40.1 Å². The van der Waals surface area contributed by atoms with Crippen molar-refractivity contribution in [2.45, 2.75) is 19.3 Å². The van der Waals surface area contributed by atoms with E-state index in [9.17, 15) is 9.59 Å². The topological polar surface area (TPSA) is 80.8 Å². The quantitative estimate of drug-likeness (QED) is 0.902. The van der Waals surface area contributed by atoms with Crippen LogP contribution in [0.25, 0.3) is 0 Å². The summed E-state index contributed by atoms with van der Waals surface area (Å²) < 4.78 is 11.0. The number of likely N-dealkylation sites (tertiary alicyclic amines) is 1. The summed E-state index contributed by atoms with van der Waals surface area (Å²) in [5.74, 6) is 0.845. The van der Waals surface area contributed by atoms with Crippen molar-refractivity contribution in [2.24, 2.45) is 0 Å². The van der Waals surface area contributed by atoms with Crippen molar-refractivity contribution < 1.29 is 19.1 Å². The van der Waals surface area contributed by atoms with Crippen molar-refractivity contribution >= 4 is 17.5 Å². The maximum Gasteiger partial charge on any atom is 0.272 e. The number of carbonyl (C=O) groups excluding carboxylic acids is 2. The molecule has 4 rings (SSSR count). The van der Waals surface area contributed by atoms with Gasteiger partial charge in [0.2, 0.25) is 0 Å². The number of pyridine rings is 1. The van der Waals surface area contributed by atoms with E-state index in [2.05, 4.69) is 10.3 Å². The molecule has 1 N–H and O–H groups in total. The first-order valence-electron chi connectivity index (χ1n) is 9.17. The number of aromatic nitrogens is 1. The van der Waals surface area contributed by atoms with E-state index in [1.165, 1.54) is 6.20 Å². The van der Waals surface area contributed by atoms with Crippen LogP contribution in [0.3, 0.4) is 0 Å². The summed E-state index contributed by atoms with van der Waals surface area (Å²) in [6.07, 6.45) is 4.66. The van der Waals surface area contributed by atoms with Gasteiger partial charge in [-0.25, -0.2) is 0 Å². The van der Waals surface area contributed by atoms with E-state index in [4.69, 9.17) is 9.47 Å². The van der Waals surface area contributed by atoms with Crippen molar-refractivity contribution in [2.75, 3.05) is 31.6 Å². The van der Waals surface area contributed by atoms with Gasteiger partial charge >= 0.3 is 0 Å². The molecule has 0 saturated carbocycles. The molecule has 2 aromatic rings. The molecule has 0 aliphatic carbocycles. The van der Waals surface area contributed by atoms with Crippen LogP contribution in [0, 0.1) is 0 Å². The van der Waals surface area contributed by atoms with E-state index in [1.54, 1.807) is 35.2 Å². The summed E-state index contributed by atoms with van der Waals surface area (Å²) in [7, 11) is 0. The van der Waals surface area contributed by atoms with Crippen LogP contribution in [-0.4, -0.2) is 48.0 Å². The molecule has 2 aliphatic rings. The number of ether oxygens (including phenoxy) is 2. The molecule has 1 saturated heterocycles. The molecule has 1 aromatic heterocycles. The van der Waals surface area contributed by atoms with Gasteiger partial charge in [-0.05, 0) is 43.5 Å². The molecular weight excluding hydrogens is 346 g/mol. The number of carbonyl (C=O) groups is 2. The zero-order valence-corrected chi connectivity index (χ0v) is 14.9. The standard InChI is InChI=1S/C20H21N3O4/c24-19(22-15-4-5-17-18(13-15)27-11-10-26-17)14-6-7-21-16(12-14)20(25)23-8-2-1-3-9-23/h4-7,12-13H,1-3,8-11H2,(H,22,24). The molecule has 27 heavy (non-hydrogen) atoms. The number of fused-ring (bicyclic) bond motifs is 1. The van der Waals surface area contributed by atoms with Crippen molar-refractivity contribution in [3.8, 4) is 11.5 Å². The molecule has 140 valence electrons. The molecule has 0 spiro atoms. The fraction of sp³-hybridized carbons (Fsp3) is 0.350. The predicted octanol–water partition coefficient (Wildman–Crippen LogP) is 2.73. The van der Waals surface area contributed by atoms with Gasteiger partial charge in [0.25, 0.3) is 11.8 Å². The number of nitrogens with zero attached hydrogens (tertiary/aromatic N) is 2. The van der Waals surface area contributed by atoms with E-state index >= 15 is 0 Å². The van der Waals surface area contributed by atoms with Gasteiger partial charge in [0.05, 0.1) is 0 Å². The smallest absolute Gasteiger partial charge is 0.272 e. The number of amides is 2. The van der Waals surface area contributed by atoms with E-state index in [-0.39, 0.29) is 11.8 Å². The maximum atomic E-state index is 12.6. The Morgan fingerprint density at radius 2 is 1.74 bits per heavy atom. The molecule has 3 heterocycles. The highest BCUT2D eigenvalue weighted by Gasteiger charge is 2.20. The zero-order valence-electron chi connectivity index (χ0n) is 14.9. The minimum absolute atomic E-state index is 0.122. The molecule has 2 amide bonds. The van der Waals surface area contributed by atoms with Crippen molar-refractivity contribution in [3.63, 3.8) is 0 Å². The average molecular weight is 367 g/mol. The van der Waals surface area contributed by atoms with Gasteiger partial charge in [-0.1, -0.05) is 0 Å². The van der Waals surface area contributed by atoms with Crippen LogP contribution in [0.5, 0.6) is 11.5 Å². The molecule has 1 aromatic carbocycles. The summed E-state index contributed by atoms with van der Waals surface area (Å²) in [4.78, 5) is 31.1. The summed E-state index contributed by atoms with van der Waals surface area (Å²) in [5, 5.41) is 2.83. The lowest BCUT2D eigenvalue weighted by atomic mass is 10.1. The van der Waals surface area contributed by atoms with Crippen LogP contribution in [0.4, 0.5) is 5.69 Å². The van der Waals surface area contributed by atoms with Crippen LogP contribution in [0.2, 0.25) is 0 Å². The number of rotatable bonds is 3. The van der Waals surface area contributed by atoms with E-state index in [0.29, 0.717) is 41.7 Å². The molecule has 0 unspecified atom stereocenters. The Hall–Kier alpha value is -3.09. The van der Waals surface area contributed by atoms with Gasteiger partial charge in [0.15, 0.2) is 11.5 Å². The third-order valence-electron chi connectivity index (χ3n) is 4.68. The van der Waals surface area contributed by atoms with Gasteiger partial charge in [-0.15, -0.1) is 0 Å². The third-order valence-corrected chi connectivity index (χ3v) is 4.68. The molecule has 0 radical (unpaired) electrons. The molecule has 0 bridgehead atoms. The SMILES string of the molecule is O=C(Nc1ccc2c(c1)OCCO2)c1ccnc(C(=O)N2CCCCC2)c1.